The molecule has 0 aromatic carbocycles. The average molecular weight is 319 g/mol. The molecular formula is C17H17N7. The van der Waals surface area contributed by atoms with Gasteiger partial charge >= 0.3 is 0 Å². The Balaban J connectivity index is 2.04. The second-order valence-electron chi connectivity index (χ2n) is 5.95. The van der Waals surface area contributed by atoms with E-state index in [0.717, 1.165) is 50.7 Å². The van der Waals surface area contributed by atoms with E-state index in [9.17, 15) is 0 Å². The van der Waals surface area contributed by atoms with Crippen molar-refractivity contribution >= 4 is 11.0 Å². The number of aromatic nitrogens is 7. The van der Waals surface area contributed by atoms with E-state index in [0.29, 0.717) is 5.65 Å². The van der Waals surface area contributed by atoms with Crippen molar-refractivity contribution in [2.75, 3.05) is 0 Å². The van der Waals surface area contributed by atoms with Crippen LogP contribution in [-0.2, 0) is 0 Å². The average Bonchev–Trinajstić information content (AvgIpc) is 3.10. The summed E-state index contributed by atoms with van der Waals surface area (Å²) in [4.78, 5) is 13.6. The zero-order chi connectivity index (χ0) is 16.8. The summed E-state index contributed by atoms with van der Waals surface area (Å²) in [5, 5.41) is 15.6. The van der Waals surface area contributed by atoms with Crippen molar-refractivity contribution in [3.8, 4) is 22.5 Å². The molecule has 0 aliphatic heterocycles. The highest BCUT2D eigenvalue weighted by atomic mass is 15.2. The molecule has 0 amide bonds. The van der Waals surface area contributed by atoms with Gasteiger partial charge in [0.2, 0.25) is 0 Å². The zero-order valence-electron chi connectivity index (χ0n) is 14.0. The van der Waals surface area contributed by atoms with Crippen molar-refractivity contribution in [1.82, 2.24) is 35.3 Å². The first kappa shape index (κ1) is 14.5. The molecule has 2 N–H and O–H groups in total. The summed E-state index contributed by atoms with van der Waals surface area (Å²) in [5.74, 6) is 0. The molecule has 0 bridgehead atoms. The number of nitrogens with one attached hydrogen (secondary N) is 2. The molecule has 4 rings (SSSR count). The molecule has 0 radical (unpaired) electrons. The van der Waals surface area contributed by atoms with Crippen LogP contribution in [0.25, 0.3) is 33.5 Å². The lowest BCUT2D eigenvalue weighted by Crippen LogP contribution is -1.94. The van der Waals surface area contributed by atoms with Crippen molar-refractivity contribution < 1.29 is 0 Å². The molecular weight excluding hydrogens is 302 g/mol. The summed E-state index contributed by atoms with van der Waals surface area (Å²) in [7, 11) is 0. The molecule has 120 valence electrons. The number of hydrogen-bond acceptors (Lipinski definition) is 5. The summed E-state index contributed by atoms with van der Waals surface area (Å²) in [6.07, 6.45) is 3.56. The second kappa shape index (κ2) is 5.23. The Kier molecular flexibility index (Phi) is 3.16. The summed E-state index contributed by atoms with van der Waals surface area (Å²) in [6.45, 7) is 7.86. The van der Waals surface area contributed by atoms with Crippen molar-refractivity contribution in [2.45, 2.75) is 27.7 Å². The van der Waals surface area contributed by atoms with Crippen LogP contribution < -0.4 is 0 Å². The Bertz CT molecular complexity index is 1020. The Morgan fingerprint density at radius 2 is 1.62 bits per heavy atom. The van der Waals surface area contributed by atoms with Crippen LogP contribution in [0.3, 0.4) is 0 Å². The van der Waals surface area contributed by atoms with Crippen LogP contribution in [-0.4, -0.2) is 35.3 Å². The van der Waals surface area contributed by atoms with E-state index in [1.165, 1.54) is 0 Å². The largest absolute Gasteiger partial charge is 0.282 e. The van der Waals surface area contributed by atoms with Crippen LogP contribution in [0.1, 0.15) is 22.8 Å². The third kappa shape index (κ3) is 2.17. The molecule has 0 saturated carbocycles. The van der Waals surface area contributed by atoms with Crippen LogP contribution in [0.15, 0.2) is 18.5 Å². The Morgan fingerprint density at radius 1 is 0.833 bits per heavy atom. The fourth-order valence-corrected chi connectivity index (χ4v) is 2.96. The lowest BCUT2D eigenvalue weighted by atomic mass is 10.0. The minimum atomic E-state index is 0.669. The summed E-state index contributed by atoms with van der Waals surface area (Å²) in [5.41, 5.74) is 8.00. The molecule has 0 aliphatic carbocycles. The molecule has 0 fully saturated rings. The third-order valence-corrected chi connectivity index (χ3v) is 4.15. The molecule has 0 unspecified atom stereocenters. The number of fused-ring (bicyclic) bond motifs is 1. The highest BCUT2D eigenvalue weighted by molar-refractivity contribution is 5.95. The van der Waals surface area contributed by atoms with Gasteiger partial charge in [-0.15, -0.1) is 0 Å². The first-order chi connectivity index (χ1) is 11.5. The quantitative estimate of drug-likeness (QED) is 0.592. The van der Waals surface area contributed by atoms with E-state index in [1.807, 2.05) is 33.8 Å². The van der Waals surface area contributed by atoms with E-state index in [-0.39, 0.29) is 0 Å². The van der Waals surface area contributed by atoms with E-state index < -0.39 is 0 Å². The van der Waals surface area contributed by atoms with Gasteiger partial charge in [-0.2, -0.15) is 10.2 Å². The second-order valence-corrected chi connectivity index (χ2v) is 5.95. The van der Waals surface area contributed by atoms with Gasteiger partial charge in [0.1, 0.15) is 0 Å². The number of aromatic amines is 2. The predicted molar refractivity (Wildman–Crippen MR) is 91.4 cm³/mol. The number of aryl methyl sites for hydroxylation is 4. The lowest BCUT2D eigenvalue weighted by Gasteiger charge is -2.07. The van der Waals surface area contributed by atoms with E-state index >= 15 is 0 Å². The van der Waals surface area contributed by atoms with Gasteiger partial charge in [0.15, 0.2) is 5.65 Å². The van der Waals surface area contributed by atoms with Gasteiger partial charge in [-0.25, -0.2) is 4.98 Å². The number of nitrogens with zero attached hydrogens (tertiary/aromatic N) is 5. The van der Waals surface area contributed by atoms with Gasteiger partial charge in [0.05, 0.1) is 34.4 Å². The predicted octanol–water partition coefficient (Wildman–Crippen LogP) is 3.04. The van der Waals surface area contributed by atoms with Crippen LogP contribution in [0, 0.1) is 27.7 Å². The monoisotopic (exact) mass is 319 g/mol. The molecule has 0 atom stereocenters. The molecule has 24 heavy (non-hydrogen) atoms. The fraction of sp³-hybridized carbons (Fsp3) is 0.235. The third-order valence-electron chi connectivity index (χ3n) is 4.15. The summed E-state index contributed by atoms with van der Waals surface area (Å²) in [6, 6.07) is 2.04. The van der Waals surface area contributed by atoms with Gasteiger partial charge in [-0.05, 0) is 33.8 Å². The van der Waals surface area contributed by atoms with Crippen molar-refractivity contribution in [3.05, 3.63) is 41.2 Å². The Morgan fingerprint density at radius 3 is 2.29 bits per heavy atom. The Hall–Kier alpha value is -3.09. The van der Waals surface area contributed by atoms with Gasteiger partial charge in [0, 0.05) is 28.7 Å². The van der Waals surface area contributed by atoms with Crippen molar-refractivity contribution in [2.24, 2.45) is 0 Å². The first-order valence-electron chi connectivity index (χ1n) is 7.71. The molecule has 7 nitrogen and oxygen atoms in total. The number of hydrogen-bond donors (Lipinski definition) is 2. The molecule has 7 heteroatoms. The standard InChI is InChI=1S/C17H17N7/c1-8-6-19-14(7-18-8)12-5-13(15-9(2)21-22-10(15)3)20-17-16(12)11(4)23-24-17/h5-7H,1-4H3,(H,21,22)(H,20,23,24). The normalized spacial score (nSPS) is 11.3. The van der Waals surface area contributed by atoms with Crippen LogP contribution >= 0.6 is 0 Å². The molecule has 4 aromatic heterocycles. The van der Waals surface area contributed by atoms with Crippen LogP contribution in [0.5, 0.6) is 0 Å². The maximum absolute atomic E-state index is 4.71. The fourth-order valence-electron chi connectivity index (χ4n) is 2.96. The van der Waals surface area contributed by atoms with Crippen molar-refractivity contribution in [3.63, 3.8) is 0 Å². The molecule has 0 saturated heterocycles. The maximum atomic E-state index is 4.71. The number of rotatable bonds is 2. The van der Waals surface area contributed by atoms with E-state index in [2.05, 4.69) is 30.4 Å². The van der Waals surface area contributed by atoms with Gasteiger partial charge in [0.25, 0.3) is 0 Å². The number of H-pyrrole nitrogens is 2. The highest BCUT2D eigenvalue weighted by Gasteiger charge is 2.18. The topological polar surface area (TPSA) is 96.0 Å². The zero-order valence-corrected chi connectivity index (χ0v) is 14.0. The van der Waals surface area contributed by atoms with Crippen LogP contribution in [0.4, 0.5) is 0 Å². The van der Waals surface area contributed by atoms with Crippen molar-refractivity contribution in [1.29, 1.82) is 0 Å². The first-order valence-corrected chi connectivity index (χ1v) is 7.71. The Labute approximate surface area is 138 Å². The lowest BCUT2D eigenvalue weighted by molar-refractivity contribution is 1.02. The SMILES string of the molecule is Cc1cnc(-c2cc(-c3c(C)n[nH]c3C)nc3n[nH]c(C)c23)cn1. The van der Waals surface area contributed by atoms with Gasteiger partial charge in [-0.3, -0.25) is 20.2 Å². The smallest absolute Gasteiger partial charge is 0.182 e. The molecule has 0 aliphatic rings. The molecule has 4 heterocycles. The van der Waals surface area contributed by atoms with E-state index in [1.54, 1.807) is 12.4 Å². The van der Waals surface area contributed by atoms with Gasteiger partial charge in [-0.1, -0.05) is 0 Å². The highest BCUT2D eigenvalue weighted by Crippen LogP contribution is 2.33. The maximum Gasteiger partial charge on any atom is 0.182 e. The van der Waals surface area contributed by atoms with E-state index in [4.69, 9.17) is 4.98 Å². The number of pyridine rings is 1. The minimum Gasteiger partial charge on any atom is -0.282 e. The van der Waals surface area contributed by atoms with Crippen LogP contribution in [0.2, 0.25) is 0 Å². The minimum absolute atomic E-state index is 0.669. The molecule has 0 spiro atoms. The summed E-state index contributed by atoms with van der Waals surface area (Å²) >= 11 is 0. The summed E-state index contributed by atoms with van der Waals surface area (Å²) < 4.78 is 0. The van der Waals surface area contributed by atoms with Gasteiger partial charge < -0.3 is 0 Å². The molecule has 4 aromatic rings.